The van der Waals surface area contributed by atoms with Crippen molar-refractivity contribution >= 4 is 34.2 Å². The highest BCUT2D eigenvalue weighted by atomic mass is 32.1. The third-order valence-electron chi connectivity index (χ3n) is 5.40. The number of benzene rings is 1. The first kappa shape index (κ1) is 23.3. The Kier molecular flexibility index (Phi) is 6.30. The third kappa shape index (κ3) is 4.75. The maximum Gasteiger partial charge on any atom is 0.416 e. The molecule has 4 rings (SSSR count). The fraction of sp³-hybridized carbons (Fsp3) is 0.208. The number of primary amides is 1. The molecule has 0 fully saturated rings. The second-order valence-electron chi connectivity index (χ2n) is 7.68. The van der Waals surface area contributed by atoms with Gasteiger partial charge in [0.2, 0.25) is 0 Å². The first-order chi connectivity index (χ1) is 16.2. The highest BCUT2D eigenvalue weighted by molar-refractivity contribution is 7.17. The zero-order chi connectivity index (χ0) is 24.5. The molecule has 2 heterocycles. The summed E-state index contributed by atoms with van der Waals surface area (Å²) >= 11 is 1.27. The molecular formula is C24H18F3N3O3S. The lowest BCUT2D eigenvalue weighted by Crippen LogP contribution is -2.19. The number of nitrogens with one attached hydrogen (secondary N) is 1. The van der Waals surface area contributed by atoms with E-state index in [-0.39, 0.29) is 28.2 Å². The summed E-state index contributed by atoms with van der Waals surface area (Å²) in [6.07, 6.45) is 0.0854. The van der Waals surface area contributed by atoms with Gasteiger partial charge in [-0.3, -0.25) is 9.59 Å². The summed E-state index contributed by atoms with van der Waals surface area (Å²) in [5.41, 5.74) is 5.74. The molecule has 0 bridgehead atoms. The van der Waals surface area contributed by atoms with Crippen molar-refractivity contribution in [3.05, 3.63) is 69.3 Å². The number of furan rings is 1. The zero-order valence-corrected chi connectivity index (χ0v) is 18.5. The number of hydrogen-bond donors (Lipinski definition) is 2. The van der Waals surface area contributed by atoms with Gasteiger partial charge in [-0.25, -0.2) is 0 Å². The maximum atomic E-state index is 13.0. The molecule has 0 aliphatic heterocycles. The quantitative estimate of drug-likeness (QED) is 0.365. The van der Waals surface area contributed by atoms with Crippen LogP contribution in [-0.2, 0) is 23.8 Å². The molecule has 0 saturated heterocycles. The van der Waals surface area contributed by atoms with Gasteiger partial charge in [0.15, 0.2) is 0 Å². The normalized spacial score (nSPS) is 13.8. The predicted octanol–water partition coefficient (Wildman–Crippen LogP) is 5.55. The summed E-state index contributed by atoms with van der Waals surface area (Å²) in [4.78, 5) is 25.8. The predicted molar refractivity (Wildman–Crippen MR) is 121 cm³/mol. The van der Waals surface area contributed by atoms with Crippen LogP contribution in [0.25, 0.3) is 17.4 Å². The van der Waals surface area contributed by atoms with Gasteiger partial charge in [0.25, 0.3) is 11.8 Å². The molecule has 174 valence electrons. The van der Waals surface area contributed by atoms with Crippen LogP contribution in [0.1, 0.15) is 45.0 Å². The van der Waals surface area contributed by atoms with Crippen LogP contribution >= 0.6 is 11.3 Å². The Balaban J connectivity index is 1.58. The van der Waals surface area contributed by atoms with Crippen molar-refractivity contribution in [2.75, 3.05) is 5.32 Å². The Hall–Kier alpha value is -3.84. The topological polar surface area (TPSA) is 109 Å². The van der Waals surface area contributed by atoms with E-state index in [0.29, 0.717) is 11.4 Å². The van der Waals surface area contributed by atoms with Crippen molar-refractivity contribution in [2.24, 2.45) is 5.73 Å². The Morgan fingerprint density at radius 3 is 2.65 bits per heavy atom. The molecule has 34 heavy (non-hydrogen) atoms. The summed E-state index contributed by atoms with van der Waals surface area (Å²) in [7, 11) is 0. The van der Waals surface area contributed by atoms with E-state index in [0.717, 1.165) is 41.8 Å². The van der Waals surface area contributed by atoms with E-state index in [1.54, 1.807) is 6.07 Å². The monoisotopic (exact) mass is 485 g/mol. The summed E-state index contributed by atoms with van der Waals surface area (Å²) in [6, 6.07) is 9.31. The Morgan fingerprint density at radius 1 is 1.18 bits per heavy atom. The summed E-state index contributed by atoms with van der Waals surface area (Å²) in [5.74, 6) is -1.13. The summed E-state index contributed by atoms with van der Waals surface area (Å²) < 4.78 is 44.5. The number of nitriles is 1. The van der Waals surface area contributed by atoms with E-state index in [1.165, 1.54) is 41.7 Å². The molecule has 2 amide bonds. The van der Waals surface area contributed by atoms with Crippen molar-refractivity contribution < 1.29 is 27.2 Å². The lowest BCUT2D eigenvalue weighted by atomic mass is 9.95. The van der Waals surface area contributed by atoms with Crippen molar-refractivity contribution in [1.82, 2.24) is 0 Å². The molecule has 3 aromatic rings. The van der Waals surface area contributed by atoms with Crippen LogP contribution in [0.15, 0.2) is 46.4 Å². The number of amides is 2. The molecular weight excluding hydrogens is 467 g/mol. The van der Waals surface area contributed by atoms with Crippen LogP contribution in [0.3, 0.4) is 0 Å². The van der Waals surface area contributed by atoms with Gasteiger partial charge < -0.3 is 15.5 Å². The van der Waals surface area contributed by atoms with Crippen LogP contribution < -0.4 is 11.1 Å². The molecule has 1 aliphatic carbocycles. The second kappa shape index (κ2) is 9.19. The van der Waals surface area contributed by atoms with Crippen molar-refractivity contribution in [2.45, 2.75) is 31.9 Å². The number of thiophene rings is 1. The summed E-state index contributed by atoms with van der Waals surface area (Å²) in [5, 5.41) is 12.4. The van der Waals surface area contributed by atoms with Crippen LogP contribution in [0.5, 0.6) is 0 Å². The lowest BCUT2D eigenvalue weighted by molar-refractivity contribution is -0.137. The van der Waals surface area contributed by atoms with Crippen LogP contribution in [0, 0.1) is 11.3 Å². The highest BCUT2D eigenvalue weighted by Gasteiger charge is 2.30. The van der Waals surface area contributed by atoms with Crippen LogP contribution in [0.4, 0.5) is 18.2 Å². The van der Waals surface area contributed by atoms with Gasteiger partial charge in [-0.05, 0) is 55.5 Å². The van der Waals surface area contributed by atoms with Gasteiger partial charge in [0, 0.05) is 16.5 Å². The van der Waals surface area contributed by atoms with E-state index < -0.39 is 23.6 Å². The van der Waals surface area contributed by atoms with Gasteiger partial charge in [0.05, 0.1) is 11.1 Å². The van der Waals surface area contributed by atoms with Crippen molar-refractivity contribution in [3.8, 4) is 17.4 Å². The Labute approximate surface area is 196 Å². The number of nitrogens with zero attached hydrogens (tertiary/aromatic N) is 1. The fourth-order valence-electron chi connectivity index (χ4n) is 3.81. The average Bonchev–Trinajstić information content (AvgIpc) is 3.41. The molecule has 3 N–H and O–H groups in total. The Bertz CT molecular complexity index is 1350. The van der Waals surface area contributed by atoms with Crippen LogP contribution in [-0.4, -0.2) is 11.8 Å². The molecule has 0 saturated carbocycles. The number of carbonyl (C=O) groups is 2. The number of nitrogens with two attached hydrogens (primary N) is 1. The minimum absolute atomic E-state index is 0.111. The molecule has 1 aromatic carbocycles. The molecule has 2 aromatic heterocycles. The first-order valence-electron chi connectivity index (χ1n) is 10.3. The average molecular weight is 485 g/mol. The maximum absolute atomic E-state index is 13.0. The van der Waals surface area contributed by atoms with Gasteiger partial charge >= 0.3 is 6.18 Å². The van der Waals surface area contributed by atoms with Gasteiger partial charge in [0.1, 0.15) is 28.2 Å². The van der Waals surface area contributed by atoms with E-state index in [2.05, 4.69) is 5.32 Å². The smallest absolute Gasteiger partial charge is 0.416 e. The number of alkyl halides is 3. The molecule has 10 heteroatoms. The van der Waals surface area contributed by atoms with E-state index in [9.17, 15) is 28.0 Å². The molecule has 1 aliphatic rings. The molecule has 6 nitrogen and oxygen atoms in total. The van der Waals surface area contributed by atoms with Gasteiger partial charge in [-0.2, -0.15) is 18.4 Å². The fourth-order valence-corrected chi connectivity index (χ4v) is 5.10. The minimum Gasteiger partial charge on any atom is -0.457 e. The number of hydrogen-bond acceptors (Lipinski definition) is 5. The highest BCUT2D eigenvalue weighted by Crippen LogP contribution is 2.38. The lowest BCUT2D eigenvalue weighted by Gasteiger charge is -2.11. The molecule has 0 atom stereocenters. The van der Waals surface area contributed by atoms with Crippen LogP contribution in [0.2, 0.25) is 0 Å². The summed E-state index contributed by atoms with van der Waals surface area (Å²) in [6.45, 7) is 0. The number of halogens is 3. The first-order valence-corrected chi connectivity index (χ1v) is 11.1. The van der Waals surface area contributed by atoms with E-state index in [4.69, 9.17) is 10.2 Å². The second-order valence-corrected chi connectivity index (χ2v) is 8.79. The number of anilines is 1. The van der Waals surface area contributed by atoms with E-state index >= 15 is 0 Å². The third-order valence-corrected chi connectivity index (χ3v) is 6.60. The largest absolute Gasteiger partial charge is 0.457 e. The van der Waals surface area contributed by atoms with E-state index in [1.807, 2.05) is 0 Å². The Morgan fingerprint density at radius 2 is 1.94 bits per heavy atom. The minimum atomic E-state index is -4.50. The van der Waals surface area contributed by atoms with Gasteiger partial charge in [-0.15, -0.1) is 11.3 Å². The van der Waals surface area contributed by atoms with Crippen molar-refractivity contribution in [1.29, 1.82) is 5.26 Å². The number of fused-ring (bicyclic) bond motifs is 1. The number of rotatable bonds is 5. The standard InChI is InChI=1S/C24H18F3N3O3S/c25-24(26,27)15-5-3-4-13(10-15)18-9-8-16(33-18)11-14(12-28)22(32)30-23-20(21(29)31)17-6-1-2-7-19(17)34-23/h3-5,8-11H,1-2,6-7H2,(H2,29,31)(H,30,32). The molecule has 0 radical (unpaired) electrons. The molecule has 0 spiro atoms. The number of aryl methyl sites for hydroxylation is 1. The van der Waals surface area contributed by atoms with Gasteiger partial charge in [-0.1, -0.05) is 12.1 Å². The zero-order valence-electron chi connectivity index (χ0n) is 17.7. The van der Waals surface area contributed by atoms with Crippen molar-refractivity contribution in [3.63, 3.8) is 0 Å². The SMILES string of the molecule is N#CC(=Cc1ccc(-c2cccc(C(F)(F)F)c2)o1)C(=O)Nc1sc2c(c1C(N)=O)CCCC2. The molecule has 0 unspecified atom stereocenters. The number of carbonyl (C=O) groups excluding carboxylic acids is 2.